The first-order valence-electron chi connectivity index (χ1n) is 11.3. The summed E-state index contributed by atoms with van der Waals surface area (Å²) in [6.07, 6.45) is 3.17. The minimum atomic E-state index is -5.95. The maximum absolute atomic E-state index is 13.4. The zero-order chi connectivity index (χ0) is 24.6. The highest BCUT2D eigenvalue weighted by Gasteiger charge is 2.53. The van der Waals surface area contributed by atoms with Gasteiger partial charge in [0, 0.05) is 12.1 Å². The van der Waals surface area contributed by atoms with E-state index in [0.29, 0.717) is 31.3 Å². The number of alkyl halides is 3. The van der Waals surface area contributed by atoms with Crippen molar-refractivity contribution < 1.29 is 45.2 Å². The molecule has 0 saturated heterocycles. The number of carbonyl (C=O) groups excluding carboxylic acids is 2. The minimum absolute atomic E-state index is 0.146. The van der Waals surface area contributed by atoms with E-state index in [2.05, 4.69) is 15.4 Å². The number of alkyl carbamates (subject to hydrolysis) is 2. The molecule has 0 aliphatic heterocycles. The van der Waals surface area contributed by atoms with Gasteiger partial charge in [0.2, 0.25) is 6.17 Å². The van der Waals surface area contributed by atoms with Crippen LogP contribution in [0.4, 0.5) is 22.8 Å². The molecule has 2 aliphatic rings. The van der Waals surface area contributed by atoms with E-state index < -0.39 is 34.2 Å². The van der Waals surface area contributed by atoms with Gasteiger partial charge in [-0.3, -0.25) is 4.55 Å². The molecule has 9 nitrogen and oxygen atoms in total. The van der Waals surface area contributed by atoms with E-state index in [1.54, 1.807) is 6.92 Å². The molecule has 0 radical (unpaired) electrons. The van der Waals surface area contributed by atoms with Gasteiger partial charge in [0.05, 0.1) is 6.61 Å². The molecule has 0 aromatic carbocycles. The zero-order valence-corrected chi connectivity index (χ0v) is 19.4. The molecule has 1 atom stereocenters. The van der Waals surface area contributed by atoms with E-state index in [4.69, 9.17) is 9.29 Å². The van der Waals surface area contributed by atoms with Gasteiger partial charge in [-0.05, 0) is 76.5 Å². The lowest BCUT2D eigenvalue weighted by Crippen LogP contribution is -2.43. The summed E-state index contributed by atoms with van der Waals surface area (Å²) in [5, 5.41) is 0.310. The molecule has 0 bridgehead atoms. The first-order valence-corrected chi connectivity index (χ1v) is 12.7. The highest BCUT2D eigenvalue weighted by molar-refractivity contribution is 7.86. The summed E-state index contributed by atoms with van der Waals surface area (Å²) in [7, 11) is -5.95. The molecule has 1 unspecified atom stereocenters. The van der Waals surface area contributed by atoms with Gasteiger partial charge in [-0.1, -0.05) is 0 Å². The SMILES string of the molecule is CCOC(=O)NC1CCC(CC2CCC(NC(=O)OCC(F)C(F)(F)S(=O)(=O)O)CC2)CC1. The Morgan fingerprint density at radius 1 is 0.939 bits per heavy atom. The monoisotopic (exact) mass is 502 g/mol. The van der Waals surface area contributed by atoms with Crippen molar-refractivity contribution in [2.45, 2.75) is 88.2 Å². The fourth-order valence-corrected chi connectivity index (χ4v) is 4.90. The van der Waals surface area contributed by atoms with E-state index in [0.717, 1.165) is 44.9 Å². The molecule has 13 heteroatoms. The lowest BCUT2D eigenvalue weighted by molar-refractivity contribution is -0.0307. The number of nitrogens with one attached hydrogen (secondary N) is 2. The van der Waals surface area contributed by atoms with Crippen LogP contribution in [0.2, 0.25) is 0 Å². The van der Waals surface area contributed by atoms with E-state index in [9.17, 15) is 31.2 Å². The molecule has 2 amide bonds. The number of hydrogen-bond acceptors (Lipinski definition) is 6. The average molecular weight is 503 g/mol. The van der Waals surface area contributed by atoms with Crippen molar-refractivity contribution in [1.82, 2.24) is 10.6 Å². The van der Waals surface area contributed by atoms with Gasteiger partial charge in [-0.15, -0.1) is 0 Å². The second-order valence-electron chi connectivity index (χ2n) is 8.78. The van der Waals surface area contributed by atoms with Crippen molar-refractivity contribution in [3.8, 4) is 0 Å². The van der Waals surface area contributed by atoms with Gasteiger partial charge in [0.15, 0.2) is 0 Å². The molecule has 2 fully saturated rings. The average Bonchev–Trinajstić information content (AvgIpc) is 2.74. The predicted molar refractivity (Wildman–Crippen MR) is 112 cm³/mol. The zero-order valence-electron chi connectivity index (χ0n) is 18.6. The van der Waals surface area contributed by atoms with E-state index >= 15 is 0 Å². The highest BCUT2D eigenvalue weighted by atomic mass is 32.2. The van der Waals surface area contributed by atoms with Crippen molar-refractivity contribution in [2.75, 3.05) is 13.2 Å². The Morgan fingerprint density at radius 3 is 1.76 bits per heavy atom. The summed E-state index contributed by atoms with van der Waals surface area (Å²) in [4.78, 5) is 23.3. The second kappa shape index (κ2) is 12.1. The molecule has 0 aromatic rings. The third-order valence-corrected chi connectivity index (χ3v) is 7.29. The molecule has 2 saturated carbocycles. The molecule has 0 heterocycles. The number of hydrogen-bond donors (Lipinski definition) is 3. The summed E-state index contributed by atoms with van der Waals surface area (Å²) in [5.74, 6) is 1.08. The highest BCUT2D eigenvalue weighted by Crippen LogP contribution is 2.35. The maximum Gasteiger partial charge on any atom is 0.407 e. The van der Waals surface area contributed by atoms with E-state index in [1.807, 2.05) is 0 Å². The van der Waals surface area contributed by atoms with Crippen molar-refractivity contribution in [3.63, 3.8) is 0 Å². The van der Waals surface area contributed by atoms with Gasteiger partial charge in [-0.25, -0.2) is 14.0 Å². The lowest BCUT2D eigenvalue weighted by Gasteiger charge is -2.34. The quantitative estimate of drug-likeness (QED) is 0.409. The molecular formula is C20H33F3N2O7S. The summed E-state index contributed by atoms with van der Waals surface area (Å²) >= 11 is 0. The predicted octanol–water partition coefficient (Wildman–Crippen LogP) is 3.79. The summed E-state index contributed by atoms with van der Waals surface area (Å²) in [6.45, 7) is 0.608. The molecule has 3 N–H and O–H groups in total. The molecule has 192 valence electrons. The Balaban J connectivity index is 1.63. The number of ether oxygens (including phenoxy) is 2. The van der Waals surface area contributed by atoms with Crippen molar-refractivity contribution >= 4 is 22.3 Å². The summed E-state index contributed by atoms with van der Waals surface area (Å²) < 4.78 is 78.3. The van der Waals surface area contributed by atoms with Gasteiger partial charge in [0.25, 0.3) is 0 Å². The van der Waals surface area contributed by atoms with Gasteiger partial charge < -0.3 is 20.1 Å². The van der Waals surface area contributed by atoms with Gasteiger partial charge in [-0.2, -0.15) is 17.2 Å². The second-order valence-corrected chi connectivity index (χ2v) is 10.3. The fourth-order valence-electron chi connectivity index (χ4n) is 4.51. The van der Waals surface area contributed by atoms with Crippen LogP contribution in [0.15, 0.2) is 0 Å². The number of rotatable bonds is 9. The van der Waals surface area contributed by atoms with Crippen LogP contribution in [0, 0.1) is 11.8 Å². The third kappa shape index (κ3) is 8.51. The molecule has 0 spiro atoms. The van der Waals surface area contributed by atoms with Crippen LogP contribution in [0.25, 0.3) is 0 Å². The van der Waals surface area contributed by atoms with Crippen LogP contribution >= 0.6 is 0 Å². The number of halogens is 3. The Kier molecular flexibility index (Phi) is 10.1. The van der Waals surface area contributed by atoms with Crippen LogP contribution in [0.1, 0.15) is 64.7 Å². The summed E-state index contributed by atoms with van der Waals surface area (Å²) in [5.41, 5.74) is 0. The van der Waals surface area contributed by atoms with E-state index in [1.165, 1.54) is 0 Å². The Labute approximate surface area is 191 Å². The Bertz CT molecular complexity index is 753. The van der Waals surface area contributed by atoms with Gasteiger partial charge >= 0.3 is 27.6 Å². The Hall–Kier alpha value is -1.76. The van der Waals surface area contributed by atoms with Crippen LogP contribution < -0.4 is 10.6 Å². The molecule has 2 aliphatic carbocycles. The topological polar surface area (TPSA) is 131 Å². The van der Waals surface area contributed by atoms with Crippen molar-refractivity contribution in [2.24, 2.45) is 11.8 Å². The first kappa shape index (κ1) is 27.5. The van der Waals surface area contributed by atoms with Gasteiger partial charge in [0.1, 0.15) is 6.61 Å². The van der Waals surface area contributed by atoms with Crippen LogP contribution in [0.3, 0.4) is 0 Å². The van der Waals surface area contributed by atoms with Crippen molar-refractivity contribution in [1.29, 1.82) is 0 Å². The first-order chi connectivity index (χ1) is 15.4. The van der Waals surface area contributed by atoms with Crippen LogP contribution in [-0.2, 0) is 19.6 Å². The maximum atomic E-state index is 13.4. The molecule has 0 aromatic heterocycles. The molecule has 33 heavy (non-hydrogen) atoms. The third-order valence-electron chi connectivity index (χ3n) is 6.35. The number of amides is 2. The van der Waals surface area contributed by atoms with Crippen molar-refractivity contribution in [3.05, 3.63) is 0 Å². The largest absolute Gasteiger partial charge is 0.450 e. The standard InChI is InChI=1S/C20H33F3N2O7S/c1-2-31-18(26)24-15-7-3-13(4-8-15)11-14-5-9-16(10-6-14)25-19(27)32-12-17(21)20(22,23)33(28,29)30/h13-17H,2-12H2,1H3,(H,24,26)(H,25,27)(H,28,29,30). The molecular weight excluding hydrogens is 469 g/mol. The molecule has 2 rings (SSSR count). The van der Waals surface area contributed by atoms with Crippen LogP contribution in [-0.4, -0.2) is 61.9 Å². The van der Waals surface area contributed by atoms with E-state index in [-0.39, 0.29) is 18.2 Å². The van der Waals surface area contributed by atoms with Crippen LogP contribution in [0.5, 0.6) is 0 Å². The normalized spacial score (nSPS) is 27.3. The fraction of sp³-hybridized carbons (Fsp3) is 0.900. The lowest BCUT2D eigenvalue weighted by atomic mass is 9.76. The minimum Gasteiger partial charge on any atom is -0.450 e. The summed E-state index contributed by atoms with van der Waals surface area (Å²) in [6, 6.07) is -0.0917. The number of carbonyl (C=O) groups is 2. The smallest absolute Gasteiger partial charge is 0.407 e. The Morgan fingerprint density at radius 2 is 1.36 bits per heavy atom.